The van der Waals surface area contributed by atoms with Crippen molar-refractivity contribution in [3.8, 4) is 0 Å². The number of nitrogens with two attached hydrogens (primary N) is 1. The summed E-state index contributed by atoms with van der Waals surface area (Å²) >= 11 is 6.31. The fraction of sp³-hybridized carbons (Fsp3) is 0.533. The summed E-state index contributed by atoms with van der Waals surface area (Å²) in [6, 6.07) is 5.72. The molecule has 0 unspecified atom stereocenters. The fourth-order valence-electron chi connectivity index (χ4n) is 1.93. The molecule has 0 spiro atoms. The van der Waals surface area contributed by atoms with Crippen molar-refractivity contribution in [2.24, 2.45) is 5.73 Å². The van der Waals surface area contributed by atoms with Crippen molar-refractivity contribution in [2.45, 2.75) is 39.8 Å². The van der Waals surface area contributed by atoms with Crippen LogP contribution in [0.1, 0.15) is 33.3 Å². The van der Waals surface area contributed by atoms with Gasteiger partial charge in [0.15, 0.2) is 0 Å². The average Bonchev–Trinajstić information content (AvgIpc) is 2.33. The molecule has 0 aliphatic carbocycles. The van der Waals surface area contributed by atoms with Crippen molar-refractivity contribution >= 4 is 23.2 Å². The van der Waals surface area contributed by atoms with Crippen LogP contribution in [0, 0.1) is 0 Å². The fourth-order valence-corrected chi connectivity index (χ4v) is 2.16. The van der Waals surface area contributed by atoms with E-state index in [2.05, 4.69) is 26.1 Å². The van der Waals surface area contributed by atoms with Crippen LogP contribution in [0.2, 0.25) is 5.02 Å². The second kappa shape index (κ2) is 6.95. The van der Waals surface area contributed by atoms with E-state index in [9.17, 15) is 4.79 Å². The molecule has 112 valence electrons. The van der Waals surface area contributed by atoms with Crippen LogP contribution in [0.4, 0.5) is 5.69 Å². The summed E-state index contributed by atoms with van der Waals surface area (Å²) in [6.07, 6.45) is 0. The SMILES string of the molecule is CCN(CC(N)=O)c1cccc(Cl)c1CNC(C)(C)C. The van der Waals surface area contributed by atoms with E-state index in [4.69, 9.17) is 17.3 Å². The first-order valence-electron chi connectivity index (χ1n) is 6.80. The Kier molecular flexibility index (Phi) is 5.84. The van der Waals surface area contributed by atoms with E-state index < -0.39 is 0 Å². The topological polar surface area (TPSA) is 58.4 Å². The third-order valence-electron chi connectivity index (χ3n) is 2.96. The number of anilines is 1. The zero-order valence-corrected chi connectivity index (χ0v) is 13.4. The van der Waals surface area contributed by atoms with Crippen LogP contribution in [-0.4, -0.2) is 24.5 Å². The third kappa shape index (κ3) is 5.02. The van der Waals surface area contributed by atoms with Crippen molar-refractivity contribution in [2.75, 3.05) is 18.0 Å². The Morgan fingerprint density at radius 3 is 2.55 bits per heavy atom. The highest BCUT2D eigenvalue weighted by Gasteiger charge is 2.16. The van der Waals surface area contributed by atoms with E-state index in [1.54, 1.807) is 0 Å². The van der Waals surface area contributed by atoms with Gasteiger partial charge in [-0.05, 0) is 39.8 Å². The molecule has 0 heterocycles. The summed E-state index contributed by atoms with van der Waals surface area (Å²) in [5, 5.41) is 4.12. The third-order valence-corrected chi connectivity index (χ3v) is 3.31. The first-order chi connectivity index (χ1) is 9.24. The molecule has 0 aromatic heterocycles. The number of carbonyl (C=O) groups is 1. The highest BCUT2D eigenvalue weighted by molar-refractivity contribution is 6.31. The van der Waals surface area contributed by atoms with Gasteiger partial charge in [0.2, 0.25) is 5.91 Å². The number of benzene rings is 1. The molecule has 5 heteroatoms. The molecule has 20 heavy (non-hydrogen) atoms. The normalized spacial score (nSPS) is 11.4. The number of nitrogens with one attached hydrogen (secondary N) is 1. The van der Waals surface area contributed by atoms with E-state index in [0.717, 1.165) is 11.3 Å². The standard InChI is InChI=1S/C15H24ClN3O/c1-5-19(10-14(17)20)13-8-6-7-12(16)11(13)9-18-15(2,3)4/h6-8,18H,5,9-10H2,1-4H3,(H2,17,20). The minimum Gasteiger partial charge on any atom is -0.368 e. The number of primary amides is 1. The number of amides is 1. The molecule has 1 rings (SSSR count). The summed E-state index contributed by atoms with van der Waals surface area (Å²) in [5.41, 5.74) is 7.25. The number of likely N-dealkylation sites (N-methyl/N-ethyl adjacent to an activating group) is 1. The van der Waals surface area contributed by atoms with Gasteiger partial charge in [0.1, 0.15) is 0 Å². The number of hydrogen-bond donors (Lipinski definition) is 2. The van der Waals surface area contributed by atoms with Gasteiger partial charge in [0.25, 0.3) is 0 Å². The van der Waals surface area contributed by atoms with Gasteiger partial charge in [-0.25, -0.2) is 0 Å². The maximum atomic E-state index is 11.2. The summed E-state index contributed by atoms with van der Waals surface area (Å²) in [7, 11) is 0. The van der Waals surface area contributed by atoms with Crippen molar-refractivity contribution in [1.82, 2.24) is 5.32 Å². The average molecular weight is 298 g/mol. The molecule has 1 aromatic carbocycles. The van der Waals surface area contributed by atoms with Crippen molar-refractivity contribution in [1.29, 1.82) is 0 Å². The van der Waals surface area contributed by atoms with Gasteiger partial charge in [-0.2, -0.15) is 0 Å². The van der Waals surface area contributed by atoms with Crippen LogP contribution in [-0.2, 0) is 11.3 Å². The summed E-state index contributed by atoms with van der Waals surface area (Å²) in [6.45, 7) is 9.84. The lowest BCUT2D eigenvalue weighted by Crippen LogP contribution is -2.37. The van der Waals surface area contributed by atoms with Gasteiger partial charge >= 0.3 is 0 Å². The van der Waals surface area contributed by atoms with Gasteiger partial charge in [0.05, 0.1) is 6.54 Å². The minimum absolute atomic E-state index is 0.00281. The maximum Gasteiger partial charge on any atom is 0.236 e. The highest BCUT2D eigenvalue weighted by atomic mass is 35.5. The van der Waals surface area contributed by atoms with E-state index in [-0.39, 0.29) is 18.0 Å². The molecular weight excluding hydrogens is 274 g/mol. The van der Waals surface area contributed by atoms with Gasteiger partial charge in [-0.3, -0.25) is 4.79 Å². The first kappa shape index (κ1) is 16.8. The molecule has 3 N–H and O–H groups in total. The number of carbonyl (C=O) groups excluding carboxylic acids is 1. The molecule has 0 saturated heterocycles. The summed E-state index contributed by atoms with van der Waals surface area (Å²) in [5.74, 6) is -0.346. The van der Waals surface area contributed by atoms with Gasteiger partial charge in [-0.1, -0.05) is 17.7 Å². The van der Waals surface area contributed by atoms with Gasteiger partial charge in [-0.15, -0.1) is 0 Å². The summed E-state index contributed by atoms with van der Waals surface area (Å²) in [4.78, 5) is 13.1. The molecule has 1 amide bonds. The molecule has 4 nitrogen and oxygen atoms in total. The Morgan fingerprint density at radius 2 is 2.05 bits per heavy atom. The Balaban J connectivity index is 3.05. The lowest BCUT2D eigenvalue weighted by Gasteiger charge is -2.27. The zero-order valence-electron chi connectivity index (χ0n) is 12.7. The summed E-state index contributed by atoms with van der Waals surface area (Å²) < 4.78 is 0. The van der Waals surface area contributed by atoms with E-state index in [1.807, 2.05) is 30.0 Å². The quantitative estimate of drug-likeness (QED) is 0.848. The smallest absolute Gasteiger partial charge is 0.236 e. The Hall–Kier alpha value is -1.26. The Morgan fingerprint density at radius 1 is 1.40 bits per heavy atom. The predicted molar refractivity (Wildman–Crippen MR) is 85.1 cm³/mol. The predicted octanol–water partition coefficient (Wildman–Crippen LogP) is 2.54. The number of rotatable bonds is 6. The zero-order chi connectivity index (χ0) is 15.3. The van der Waals surface area contributed by atoms with Crippen LogP contribution in [0.3, 0.4) is 0 Å². The van der Waals surface area contributed by atoms with Crippen molar-refractivity contribution in [3.05, 3.63) is 28.8 Å². The Bertz CT molecular complexity index is 469. The van der Waals surface area contributed by atoms with Crippen molar-refractivity contribution < 1.29 is 4.79 Å². The highest BCUT2D eigenvalue weighted by Crippen LogP contribution is 2.28. The lowest BCUT2D eigenvalue weighted by molar-refractivity contribution is -0.116. The number of halogens is 1. The van der Waals surface area contributed by atoms with Crippen LogP contribution >= 0.6 is 11.6 Å². The molecule has 0 atom stereocenters. The second-order valence-electron chi connectivity index (χ2n) is 5.82. The molecule has 0 bridgehead atoms. The lowest BCUT2D eigenvalue weighted by atomic mass is 10.1. The van der Waals surface area contributed by atoms with Crippen molar-refractivity contribution in [3.63, 3.8) is 0 Å². The van der Waals surface area contributed by atoms with Crippen LogP contribution in [0.15, 0.2) is 18.2 Å². The van der Waals surface area contributed by atoms with E-state index in [1.165, 1.54) is 0 Å². The molecule has 0 aliphatic rings. The van der Waals surface area contributed by atoms with E-state index in [0.29, 0.717) is 18.1 Å². The monoisotopic (exact) mass is 297 g/mol. The molecular formula is C15H24ClN3O. The van der Waals surface area contributed by atoms with Crippen LogP contribution < -0.4 is 16.0 Å². The number of nitrogens with zero attached hydrogens (tertiary/aromatic N) is 1. The Labute approximate surface area is 126 Å². The van der Waals surface area contributed by atoms with Gasteiger partial charge < -0.3 is 16.0 Å². The second-order valence-corrected chi connectivity index (χ2v) is 6.23. The van der Waals surface area contributed by atoms with Crippen LogP contribution in [0.25, 0.3) is 0 Å². The number of hydrogen-bond acceptors (Lipinski definition) is 3. The molecule has 0 saturated carbocycles. The molecule has 0 aliphatic heterocycles. The minimum atomic E-state index is -0.346. The molecule has 1 aromatic rings. The molecule has 0 radical (unpaired) electrons. The first-order valence-corrected chi connectivity index (χ1v) is 7.18. The van der Waals surface area contributed by atoms with E-state index >= 15 is 0 Å². The molecule has 0 fully saturated rings. The largest absolute Gasteiger partial charge is 0.368 e. The maximum absolute atomic E-state index is 11.2. The van der Waals surface area contributed by atoms with Crippen LogP contribution in [0.5, 0.6) is 0 Å². The van der Waals surface area contributed by atoms with Gasteiger partial charge in [0, 0.05) is 34.9 Å².